The molecule has 1 aliphatic rings. The molecule has 0 fully saturated rings. The fourth-order valence-corrected chi connectivity index (χ4v) is 6.86. The van der Waals surface area contributed by atoms with Gasteiger partial charge < -0.3 is 4.74 Å². The summed E-state index contributed by atoms with van der Waals surface area (Å²) in [6, 6.07) is 26.4. The minimum absolute atomic E-state index is 0.0312. The fraction of sp³-hybridized carbons (Fsp3) is 0.0312. The number of nitro groups is 1. The molecule has 0 unspecified atom stereocenters. The Hall–Kier alpha value is -5.37. The van der Waals surface area contributed by atoms with Gasteiger partial charge in [0.2, 0.25) is 0 Å². The van der Waals surface area contributed by atoms with E-state index in [1.807, 2.05) is 30.3 Å². The third-order valence-corrected chi connectivity index (χ3v) is 9.43. The summed E-state index contributed by atoms with van der Waals surface area (Å²) in [6.07, 6.45) is 1.41. The molecule has 14 heteroatoms. The largest absolute Gasteiger partial charge is 0.495 e. The first kappa shape index (κ1) is 30.6. The molecule has 46 heavy (non-hydrogen) atoms. The van der Waals surface area contributed by atoms with E-state index < -0.39 is 20.9 Å². The van der Waals surface area contributed by atoms with Crippen molar-refractivity contribution >= 4 is 67.3 Å². The zero-order chi connectivity index (χ0) is 32.4. The highest BCUT2D eigenvalue weighted by Gasteiger charge is 2.33. The van der Waals surface area contributed by atoms with Gasteiger partial charge in [-0.05, 0) is 36.4 Å². The summed E-state index contributed by atoms with van der Waals surface area (Å²) in [7, 11) is -2.57. The number of anilines is 2. The molecule has 1 amide bonds. The van der Waals surface area contributed by atoms with Crippen molar-refractivity contribution in [2.45, 2.75) is 4.90 Å². The summed E-state index contributed by atoms with van der Waals surface area (Å²) in [5, 5.41) is 13.7. The Kier molecular flexibility index (Phi) is 8.37. The van der Waals surface area contributed by atoms with Crippen LogP contribution in [-0.4, -0.2) is 37.2 Å². The maximum atomic E-state index is 13.7. The first-order valence-corrected chi connectivity index (χ1v) is 16.2. The Morgan fingerprint density at radius 3 is 2.41 bits per heavy atom. The van der Waals surface area contributed by atoms with Crippen molar-refractivity contribution in [3.8, 4) is 17.0 Å². The number of aliphatic imine (C=N–C) groups is 1. The monoisotopic (exact) mass is 671 g/mol. The summed E-state index contributed by atoms with van der Waals surface area (Å²) >= 11 is 7.14. The number of hydrogen-bond acceptors (Lipinski definition) is 9. The molecular weight excluding hydrogens is 650 g/mol. The standard InChI is InChI=1S/C32H22ClN5O6S2/c1-44-29-18-24(15-16-25(29)33)46(42,43)36-32-35-27(19-45-32)20-11-13-23(14-12-20)37-30(21-7-3-2-4-8-21)34-26(31(37)39)17-22-9-5-6-10-28(22)38(40)41/h2-19H,1H3,(H,35,36)/b26-17-. The van der Waals surface area contributed by atoms with Gasteiger partial charge in [-0.25, -0.2) is 18.4 Å². The second kappa shape index (κ2) is 12.6. The van der Waals surface area contributed by atoms with Crippen molar-refractivity contribution in [3.63, 3.8) is 0 Å². The van der Waals surface area contributed by atoms with E-state index in [-0.39, 0.29) is 37.7 Å². The summed E-state index contributed by atoms with van der Waals surface area (Å²) < 4.78 is 33.5. The quantitative estimate of drug-likeness (QED) is 0.101. The highest BCUT2D eigenvalue weighted by molar-refractivity contribution is 7.93. The van der Waals surface area contributed by atoms with Crippen molar-refractivity contribution in [1.29, 1.82) is 0 Å². The number of amidine groups is 1. The smallest absolute Gasteiger partial charge is 0.282 e. The van der Waals surface area contributed by atoms with Crippen LogP contribution >= 0.6 is 22.9 Å². The van der Waals surface area contributed by atoms with Gasteiger partial charge in [0, 0.05) is 28.6 Å². The summed E-state index contributed by atoms with van der Waals surface area (Å²) in [6.45, 7) is 0. The number of hydrogen-bond donors (Lipinski definition) is 1. The lowest BCUT2D eigenvalue weighted by Crippen LogP contribution is -2.32. The molecule has 230 valence electrons. The van der Waals surface area contributed by atoms with Gasteiger partial charge in [-0.3, -0.25) is 24.5 Å². The van der Waals surface area contributed by atoms with E-state index >= 15 is 0 Å². The van der Waals surface area contributed by atoms with E-state index in [1.54, 1.807) is 47.8 Å². The van der Waals surface area contributed by atoms with E-state index in [0.717, 1.165) is 11.3 Å². The van der Waals surface area contributed by atoms with Crippen LogP contribution in [0.25, 0.3) is 17.3 Å². The molecule has 5 aromatic rings. The molecule has 0 saturated heterocycles. The maximum absolute atomic E-state index is 13.7. The highest BCUT2D eigenvalue weighted by Crippen LogP contribution is 2.33. The van der Waals surface area contributed by atoms with Gasteiger partial charge in [0.15, 0.2) is 5.13 Å². The lowest BCUT2D eigenvalue weighted by atomic mass is 10.1. The third-order valence-electron chi connectivity index (χ3n) is 6.90. The molecule has 0 spiro atoms. The van der Waals surface area contributed by atoms with Crippen LogP contribution in [0.15, 0.2) is 118 Å². The Morgan fingerprint density at radius 2 is 1.70 bits per heavy atom. The number of benzene rings is 4. The lowest BCUT2D eigenvalue weighted by Gasteiger charge is -2.19. The van der Waals surface area contributed by atoms with Gasteiger partial charge in [0.1, 0.15) is 17.3 Å². The number of ether oxygens (including phenoxy) is 1. The molecule has 1 aliphatic heterocycles. The average molecular weight is 672 g/mol. The number of carbonyl (C=O) groups is 1. The molecule has 0 aliphatic carbocycles. The second-order valence-corrected chi connectivity index (χ2v) is 12.7. The van der Waals surface area contributed by atoms with Crippen molar-refractivity contribution < 1.29 is 22.9 Å². The Bertz CT molecular complexity index is 2150. The molecule has 0 saturated carbocycles. The van der Waals surface area contributed by atoms with E-state index in [9.17, 15) is 23.3 Å². The van der Waals surface area contributed by atoms with Gasteiger partial charge in [-0.15, -0.1) is 11.3 Å². The summed E-state index contributed by atoms with van der Waals surface area (Å²) in [5.74, 6) is 0.145. The highest BCUT2D eigenvalue weighted by atomic mass is 35.5. The molecule has 0 radical (unpaired) electrons. The molecule has 2 heterocycles. The number of thiazole rings is 1. The molecular formula is C32H22ClN5O6S2. The van der Waals surface area contributed by atoms with Crippen LogP contribution in [0.2, 0.25) is 5.02 Å². The van der Waals surface area contributed by atoms with Crippen LogP contribution in [0, 0.1) is 10.1 Å². The number of nitro benzene ring substituents is 1. The zero-order valence-electron chi connectivity index (χ0n) is 23.8. The summed E-state index contributed by atoms with van der Waals surface area (Å²) in [5.41, 5.74) is 2.56. The molecule has 1 N–H and O–H groups in total. The van der Waals surface area contributed by atoms with Crippen LogP contribution in [0.5, 0.6) is 5.75 Å². The SMILES string of the molecule is COc1cc(S(=O)(=O)Nc2nc(-c3ccc(N4C(=O)/C(=C/c5ccccc5[N+](=O)[O-])N=C4c4ccccc4)cc3)cs2)ccc1Cl. The number of amides is 1. The predicted molar refractivity (Wildman–Crippen MR) is 178 cm³/mol. The third kappa shape index (κ3) is 6.11. The maximum Gasteiger partial charge on any atom is 0.282 e. The van der Waals surface area contributed by atoms with Crippen molar-refractivity contribution in [1.82, 2.24) is 4.98 Å². The first-order valence-electron chi connectivity index (χ1n) is 13.5. The van der Waals surface area contributed by atoms with Crippen LogP contribution < -0.4 is 14.4 Å². The van der Waals surface area contributed by atoms with Crippen molar-refractivity contribution in [2.75, 3.05) is 16.7 Å². The van der Waals surface area contributed by atoms with Crippen molar-refractivity contribution in [3.05, 3.63) is 134 Å². The topological polar surface area (TPSA) is 144 Å². The van der Waals surface area contributed by atoms with Gasteiger partial charge in [0.05, 0.1) is 38.9 Å². The number of sulfonamides is 1. The van der Waals surface area contributed by atoms with E-state index in [0.29, 0.717) is 28.3 Å². The predicted octanol–water partition coefficient (Wildman–Crippen LogP) is 7.02. The minimum atomic E-state index is -3.96. The number of carbonyl (C=O) groups excluding carboxylic acids is 1. The second-order valence-electron chi connectivity index (χ2n) is 9.77. The lowest BCUT2D eigenvalue weighted by molar-refractivity contribution is -0.385. The van der Waals surface area contributed by atoms with Gasteiger partial charge >= 0.3 is 0 Å². The van der Waals surface area contributed by atoms with Gasteiger partial charge in [0.25, 0.3) is 21.6 Å². The van der Waals surface area contributed by atoms with E-state index in [1.165, 1.54) is 42.4 Å². The fourth-order valence-electron chi connectivity index (χ4n) is 4.68. The number of nitrogens with one attached hydrogen (secondary N) is 1. The van der Waals surface area contributed by atoms with Crippen LogP contribution in [0.4, 0.5) is 16.5 Å². The van der Waals surface area contributed by atoms with Gasteiger partial charge in [-0.2, -0.15) is 0 Å². The number of nitrogens with zero attached hydrogens (tertiary/aromatic N) is 4. The van der Waals surface area contributed by atoms with E-state index in [4.69, 9.17) is 16.3 Å². The summed E-state index contributed by atoms with van der Waals surface area (Å²) in [4.78, 5) is 35.2. The van der Waals surface area contributed by atoms with Crippen molar-refractivity contribution in [2.24, 2.45) is 4.99 Å². The molecule has 11 nitrogen and oxygen atoms in total. The van der Waals surface area contributed by atoms with Crippen LogP contribution in [0.3, 0.4) is 0 Å². The zero-order valence-corrected chi connectivity index (χ0v) is 26.2. The first-order chi connectivity index (χ1) is 22.1. The number of para-hydroxylation sites is 1. The Morgan fingerprint density at radius 1 is 0.978 bits per heavy atom. The minimum Gasteiger partial charge on any atom is -0.495 e. The number of aromatic nitrogens is 1. The number of methoxy groups -OCH3 is 1. The normalized spacial score (nSPS) is 14.0. The number of halogens is 1. The van der Waals surface area contributed by atoms with E-state index in [2.05, 4.69) is 14.7 Å². The molecule has 1 aromatic heterocycles. The molecule has 4 aromatic carbocycles. The Balaban J connectivity index is 1.28. The van der Waals surface area contributed by atoms with Crippen LogP contribution in [0.1, 0.15) is 11.1 Å². The Labute approximate surface area is 272 Å². The average Bonchev–Trinajstić information content (AvgIpc) is 3.65. The van der Waals surface area contributed by atoms with Crippen LogP contribution in [-0.2, 0) is 14.8 Å². The molecule has 6 rings (SSSR count). The number of rotatable bonds is 9. The molecule has 0 bridgehead atoms. The van der Waals surface area contributed by atoms with Gasteiger partial charge in [-0.1, -0.05) is 66.2 Å². The molecule has 0 atom stereocenters.